The van der Waals surface area contributed by atoms with E-state index in [9.17, 15) is 5.11 Å². The molecule has 0 bridgehead atoms. The molecule has 0 fully saturated rings. The second-order valence-electron chi connectivity index (χ2n) is 7.16. The molecule has 0 saturated carbocycles. The van der Waals surface area contributed by atoms with Gasteiger partial charge >= 0.3 is 0 Å². The molecule has 0 spiro atoms. The Balaban J connectivity index is 1.90. The average Bonchev–Trinajstić information content (AvgIpc) is 2.80. The topological polar surface area (TPSA) is 32.7 Å². The van der Waals surface area contributed by atoms with E-state index < -0.39 is 0 Å². The van der Waals surface area contributed by atoms with E-state index in [0.717, 1.165) is 38.0 Å². The lowest BCUT2D eigenvalue weighted by Crippen LogP contribution is -2.15. The van der Waals surface area contributed by atoms with Gasteiger partial charge in [-0.15, -0.1) is 0 Å². The summed E-state index contributed by atoms with van der Waals surface area (Å²) in [5, 5.41) is 9.25. The Labute approximate surface area is 151 Å². The van der Waals surface area contributed by atoms with Gasteiger partial charge in [-0.25, -0.2) is 0 Å². The lowest BCUT2D eigenvalue weighted by molar-refractivity contribution is 0.209. The molecular weight excluding hydrogens is 310 g/mol. The maximum atomic E-state index is 9.25. The van der Waals surface area contributed by atoms with Crippen LogP contribution in [0.4, 0.5) is 0 Å². The average molecular weight is 339 g/mol. The van der Waals surface area contributed by atoms with Gasteiger partial charge in [0.05, 0.1) is 0 Å². The molecule has 3 heteroatoms. The van der Waals surface area contributed by atoms with Gasteiger partial charge in [0.2, 0.25) is 0 Å². The van der Waals surface area contributed by atoms with Crippen LogP contribution < -0.4 is 0 Å². The van der Waals surface area contributed by atoms with Crippen molar-refractivity contribution in [2.24, 2.45) is 5.92 Å². The Kier molecular flexibility index (Phi) is 6.11. The maximum absolute atomic E-state index is 9.25. The van der Waals surface area contributed by atoms with E-state index in [0.29, 0.717) is 12.5 Å². The molecule has 1 atom stereocenters. The van der Waals surface area contributed by atoms with Gasteiger partial charge in [0.25, 0.3) is 0 Å². The summed E-state index contributed by atoms with van der Waals surface area (Å²) in [6.45, 7) is 1.94. The van der Waals surface area contributed by atoms with E-state index in [-0.39, 0.29) is 6.61 Å². The molecule has 134 valence electrons. The summed E-state index contributed by atoms with van der Waals surface area (Å²) >= 11 is 0. The Morgan fingerprint density at radius 1 is 1.24 bits per heavy atom. The maximum Gasteiger partial charge on any atom is 0.123 e. The fourth-order valence-electron chi connectivity index (χ4n) is 3.63. The van der Waals surface area contributed by atoms with Crippen molar-refractivity contribution >= 4 is 0 Å². The molecule has 0 radical (unpaired) electrons. The minimum absolute atomic E-state index is 0.251. The van der Waals surface area contributed by atoms with Gasteiger partial charge < -0.3 is 14.7 Å². The van der Waals surface area contributed by atoms with E-state index in [2.05, 4.69) is 61.5 Å². The summed E-state index contributed by atoms with van der Waals surface area (Å²) in [7, 11) is 4.22. The first kappa shape index (κ1) is 18.0. The lowest BCUT2D eigenvalue weighted by atomic mass is 9.81. The first-order valence-electron chi connectivity index (χ1n) is 9.26. The monoisotopic (exact) mass is 339 g/mol. The van der Waals surface area contributed by atoms with Gasteiger partial charge in [0, 0.05) is 31.1 Å². The predicted molar refractivity (Wildman–Crippen MR) is 102 cm³/mol. The van der Waals surface area contributed by atoms with Crippen LogP contribution in [0.2, 0.25) is 0 Å². The first-order valence-corrected chi connectivity index (χ1v) is 9.26. The fourth-order valence-corrected chi connectivity index (χ4v) is 3.63. The molecule has 3 rings (SSSR count). The van der Waals surface area contributed by atoms with E-state index in [1.807, 2.05) is 0 Å². The molecule has 1 heterocycles. The molecule has 25 heavy (non-hydrogen) atoms. The number of aliphatic hydroxyl groups is 1. The molecule has 1 aromatic rings. The summed E-state index contributed by atoms with van der Waals surface area (Å²) in [6, 6.07) is 8.57. The third-order valence-corrected chi connectivity index (χ3v) is 5.01. The Morgan fingerprint density at radius 3 is 2.80 bits per heavy atom. The molecular formula is C22H29NO2. The standard InChI is InChI=1S/C22H29NO2/c1-23(2)13-5-10-20-17(9-6-14-24)11-12-22-21(20)15-18-7-3-4-8-19(18)16-25-22/h3-4,7-8,10-12,17,24H,5-6,9,13-16H2,1-2H3. The van der Waals surface area contributed by atoms with Crippen molar-refractivity contribution in [3.63, 3.8) is 0 Å². The fraction of sp³-hybridized carbons (Fsp3) is 0.455. The molecule has 0 aromatic heterocycles. The second-order valence-corrected chi connectivity index (χ2v) is 7.16. The van der Waals surface area contributed by atoms with E-state index in [4.69, 9.17) is 4.74 Å². The van der Waals surface area contributed by atoms with Gasteiger partial charge in [0.15, 0.2) is 0 Å². The number of benzene rings is 1. The number of fused-ring (bicyclic) bond motifs is 1. The van der Waals surface area contributed by atoms with E-state index in [1.54, 1.807) is 0 Å². The van der Waals surface area contributed by atoms with Crippen molar-refractivity contribution in [1.82, 2.24) is 4.90 Å². The largest absolute Gasteiger partial charge is 0.489 e. The third kappa shape index (κ3) is 4.42. The summed E-state index contributed by atoms with van der Waals surface area (Å²) in [4.78, 5) is 2.21. The van der Waals surface area contributed by atoms with Gasteiger partial charge in [-0.05, 0) is 56.1 Å². The van der Waals surface area contributed by atoms with Crippen LogP contribution in [0.3, 0.4) is 0 Å². The number of hydrogen-bond donors (Lipinski definition) is 1. The molecule has 3 nitrogen and oxygen atoms in total. The van der Waals surface area contributed by atoms with Crippen LogP contribution >= 0.6 is 0 Å². The summed E-state index contributed by atoms with van der Waals surface area (Å²) in [5.41, 5.74) is 5.37. The van der Waals surface area contributed by atoms with Gasteiger partial charge in [0.1, 0.15) is 12.4 Å². The number of hydrogen-bond acceptors (Lipinski definition) is 3. The normalized spacial score (nSPS) is 21.1. The lowest BCUT2D eigenvalue weighted by Gasteiger charge is -2.25. The smallest absolute Gasteiger partial charge is 0.123 e. The highest BCUT2D eigenvalue weighted by Gasteiger charge is 2.25. The highest BCUT2D eigenvalue weighted by Crippen LogP contribution is 2.37. The molecule has 0 saturated heterocycles. The zero-order valence-corrected chi connectivity index (χ0v) is 15.4. The number of nitrogens with zero attached hydrogens (tertiary/aromatic N) is 1. The quantitative estimate of drug-likeness (QED) is 0.854. The van der Waals surface area contributed by atoms with Crippen LogP contribution in [0.25, 0.3) is 0 Å². The summed E-state index contributed by atoms with van der Waals surface area (Å²) < 4.78 is 6.14. The Hall–Kier alpha value is -1.84. The highest BCUT2D eigenvalue weighted by atomic mass is 16.5. The summed E-state index contributed by atoms with van der Waals surface area (Å²) in [5.74, 6) is 1.40. The molecule has 2 aliphatic rings. The SMILES string of the molecule is CN(C)CCC=C1C2=C(C=CC1CCCO)OCc1ccccc1C2. The number of rotatable bonds is 6. The Bertz CT molecular complexity index is 685. The molecule has 1 N–H and O–H groups in total. The van der Waals surface area contributed by atoms with Crippen molar-refractivity contribution in [3.05, 3.63) is 70.5 Å². The number of aliphatic hydroxyl groups excluding tert-OH is 1. The molecule has 0 amide bonds. The van der Waals surface area contributed by atoms with Crippen molar-refractivity contribution in [2.75, 3.05) is 27.2 Å². The predicted octanol–water partition coefficient (Wildman–Crippen LogP) is 3.85. The second kappa shape index (κ2) is 8.50. The number of allylic oxidation sites excluding steroid dienone is 4. The zero-order valence-electron chi connectivity index (χ0n) is 15.4. The van der Waals surface area contributed by atoms with Gasteiger partial charge in [-0.3, -0.25) is 0 Å². The van der Waals surface area contributed by atoms with Crippen molar-refractivity contribution in [2.45, 2.75) is 32.3 Å². The van der Waals surface area contributed by atoms with Crippen LogP contribution in [0.5, 0.6) is 0 Å². The minimum Gasteiger partial charge on any atom is -0.489 e. The van der Waals surface area contributed by atoms with Crippen LogP contribution in [-0.4, -0.2) is 37.3 Å². The van der Waals surface area contributed by atoms with Crippen molar-refractivity contribution < 1.29 is 9.84 Å². The third-order valence-electron chi connectivity index (χ3n) is 5.01. The molecule has 1 aromatic carbocycles. The summed E-state index contributed by atoms with van der Waals surface area (Å²) in [6.07, 6.45) is 10.6. The van der Waals surface area contributed by atoms with Gasteiger partial charge in [-0.1, -0.05) is 36.4 Å². The van der Waals surface area contributed by atoms with Crippen LogP contribution in [0.1, 0.15) is 30.4 Å². The molecule has 1 aliphatic heterocycles. The minimum atomic E-state index is 0.251. The van der Waals surface area contributed by atoms with E-state index in [1.165, 1.54) is 22.3 Å². The van der Waals surface area contributed by atoms with Gasteiger partial charge in [-0.2, -0.15) is 0 Å². The van der Waals surface area contributed by atoms with Crippen LogP contribution in [-0.2, 0) is 17.8 Å². The zero-order chi connectivity index (χ0) is 17.6. The van der Waals surface area contributed by atoms with Crippen molar-refractivity contribution in [3.8, 4) is 0 Å². The highest BCUT2D eigenvalue weighted by molar-refractivity contribution is 5.49. The molecule has 1 aliphatic carbocycles. The van der Waals surface area contributed by atoms with Crippen molar-refractivity contribution in [1.29, 1.82) is 0 Å². The molecule has 1 unspecified atom stereocenters. The van der Waals surface area contributed by atoms with E-state index >= 15 is 0 Å². The number of ether oxygens (including phenoxy) is 1. The van der Waals surface area contributed by atoms with Crippen LogP contribution in [0.15, 0.2) is 59.4 Å². The first-order chi connectivity index (χ1) is 12.2. The Morgan fingerprint density at radius 2 is 2.04 bits per heavy atom. The van der Waals surface area contributed by atoms with Crippen LogP contribution in [0, 0.1) is 5.92 Å².